The molecule has 1 aliphatic carbocycles. The number of hydrogen-bond donors (Lipinski definition) is 1. The highest BCUT2D eigenvalue weighted by Gasteiger charge is 2.26. The topological polar surface area (TPSA) is 72.7 Å². The van der Waals surface area contributed by atoms with E-state index >= 15 is 0 Å². The highest BCUT2D eigenvalue weighted by molar-refractivity contribution is 8.00. The molecule has 22 heavy (non-hydrogen) atoms. The predicted octanol–water partition coefficient (Wildman–Crippen LogP) is 2.04. The molecular formula is C15H19N5OS. The summed E-state index contributed by atoms with van der Waals surface area (Å²) < 4.78 is 1.76. The molecule has 2 aromatic heterocycles. The fraction of sp³-hybridized carbons (Fsp3) is 0.467. The van der Waals surface area contributed by atoms with Crippen LogP contribution in [0.25, 0.3) is 5.82 Å². The van der Waals surface area contributed by atoms with Gasteiger partial charge in [0.1, 0.15) is 5.03 Å². The number of thioether (sulfide) groups is 1. The van der Waals surface area contributed by atoms with E-state index < -0.39 is 0 Å². The lowest BCUT2D eigenvalue weighted by molar-refractivity contribution is -0.120. The lowest BCUT2D eigenvalue weighted by Gasteiger charge is -2.10. The van der Waals surface area contributed by atoms with Crippen molar-refractivity contribution in [3.63, 3.8) is 0 Å². The van der Waals surface area contributed by atoms with Crippen LogP contribution in [0.4, 0.5) is 0 Å². The molecule has 7 heteroatoms. The Labute approximate surface area is 133 Å². The predicted molar refractivity (Wildman–Crippen MR) is 85.1 cm³/mol. The Hall–Kier alpha value is -1.89. The van der Waals surface area contributed by atoms with Crippen LogP contribution in [0.3, 0.4) is 0 Å². The SMILES string of the molecule is Cc1cc(C)n(-c2ccc(SC(C)C(=O)NC3CC3)nn2)n1. The minimum atomic E-state index is -0.172. The van der Waals surface area contributed by atoms with Crippen molar-refractivity contribution in [3.05, 3.63) is 29.6 Å². The molecule has 0 aromatic carbocycles. The maximum atomic E-state index is 11.9. The van der Waals surface area contributed by atoms with Gasteiger partial charge in [0.2, 0.25) is 5.91 Å². The summed E-state index contributed by atoms with van der Waals surface area (Å²) in [5, 5.41) is 16.4. The van der Waals surface area contributed by atoms with Gasteiger partial charge in [0.05, 0.1) is 10.9 Å². The molecule has 1 unspecified atom stereocenters. The summed E-state index contributed by atoms with van der Waals surface area (Å²) in [5.74, 6) is 0.752. The fourth-order valence-electron chi connectivity index (χ4n) is 2.13. The van der Waals surface area contributed by atoms with E-state index in [1.165, 1.54) is 11.8 Å². The summed E-state index contributed by atoms with van der Waals surface area (Å²) in [4.78, 5) is 11.9. The van der Waals surface area contributed by atoms with Gasteiger partial charge in [0, 0.05) is 11.7 Å². The third-order valence-electron chi connectivity index (χ3n) is 3.44. The van der Waals surface area contributed by atoms with Crippen LogP contribution in [0.2, 0.25) is 0 Å². The van der Waals surface area contributed by atoms with E-state index in [9.17, 15) is 4.79 Å². The zero-order valence-corrected chi connectivity index (χ0v) is 13.7. The van der Waals surface area contributed by atoms with Gasteiger partial charge in [-0.25, -0.2) is 4.68 Å². The van der Waals surface area contributed by atoms with Crippen LogP contribution in [0.1, 0.15) is 31.2 Å². The van der Waals surface area contributed by atoms with Gasteiger partial charge < -0.3 is 5.32 Å². The highest BCUT2D eigenvalue weighted by atomic mass is 32.2. The molecule has 3 rings (SSSR count). The van der Waals surface area contributed by atoms with E-state index in [4.69, 9.17) is 0 Å². The molecule has 1 saturated carbocycles. The van der Waals surface area contributed by atoms with Gasteiger partial charge in [-0.05, 0) is 51.8 Å². The van der Waals surface area contributed by atoms with Crippen LogP contribution in [-0.4, -0.2) is 37.2 Å². The largest absolute Gasteiger partial charge is 0.352 e. The smallest absolute Gasteiger partial charge is 0.233 e. The average Bonchev–Trinajstić information content (AvgIpc) is 3.23. The monoisotopic (exact) mass is 317 g/mol. The summed E-state index contributed by atoms with van der Waals surface area (Å²) in [6.45, 7) is 5.81. The second kappa shape index (κ2) is 6.08. The fourth-order valence-corrected chi connectivity index (χ4v) is 2.90. The first kappa shape index (κ1) is 15.0. The van der Waals surface area contributed by atoms with Gasteiger partial charge in [0.15, 0.2) is 5.82 Å². The van der Waals surface area contributed by atoms with Crippen LogP contribution in [0.5, 0.6) is 0 Å². The van der Waals surface area contributed by atoms with Gasteiger partial charge >= 0.3 is 0 Å². The summed E-state index contributed by atoms with van der Waals surface area (Å²) in [6, 6.07) is 6.13. The maximum Gasteiger partial charge on any atom is 0.233 e. The molecule has 2 heterocycles. The molecule has 1 N–H and O–H groups in total. The molecule has 116 valence electrons. The summed E-state index contributed by atoms with van der Waals surface area (Å²) in [7, 11) is 0. The summed E-state index contributed by atoms with van der Waals surface area (Å²) >= 11 is 1.42. The first-order chi connectivity index (χ1) is 10.5. The van der Waals surface area contributed by atoms with E-state index in [-0.39, 0.29) is 11.2 Å². The average molecular weight is 317 g/mol. The van der Waals surface area contributed by atoms with E-state index in [0.29, 0.717) is 11.9 Å². The van der Waals surface area contributed by atoms with Gasteiger partial charge in [-0.1, -0.05) is 11.8 Å². The van der Waals surface area contributed by atoms with E-state index in [2.05, 4.69) is 20.6 Å². The number of nitrogens with zero attached hydrogens (tertiary/aromatic N) is 4. The summed E-state index contributed by atoms with van der Waals surface area (Å²) in [6.07, 6.45) is 2.19. The Morgan fingerprint density at radius 2 is 2.14 bits per heavy atom. The van der Waals surface area contributed by atoms with Crippen molar-refractivity contribution >= 4 is 17.7 Å². The number of carbonyl (C=O) groups excluding carboxylic acids is 1. The Morgan fingerprint density at radius 1 is 1.36 bits per heavy atom. The third kappa shape index (κ3) is 3.47. The van der Waals surface area contributed by atoms with E-state index in [1.807, 2.05) is 39.0 Å². The highest BCUT2D eigenvalue weighted by Crippen LogP contribution is 2.24. The van der Waals surface area contributed by atoms with Gasteiger partial charge in [-0.15, -0.1) is 10.2 Å². The zero-order chi connectivity index (χ0) is 15.7. The van der Waals surface area contributed by atoms with Crippen molar-refractivity contribution in [2.45, 2.75) is 49.9 Å². The van der Waals surface area contributed by atoms with Crippen molar-refractivity contribution in [1.82, 2.24) is 25.3 Å². The lowest BCUT2D eigenvalue weighted by Crippen LogP contribution is -2.32. The zero-order valence-electron chi connectivity index (χ0n) is 12.9. The van der Waals surface area contributed by atoms with Crippen molar-refractivity contribution < 1.29 is 4.79 Å². The van der Waals surface area contributed by atoms with Gasteiger partial charge in [0.25, 0.3) is 0 Å². The molecule has 0 saturated heterocycles. The lowest BCUT2D eigenvalue weighted by atomic mass is 10.4. The third-order valence-corrected chi connectivity index (χ3v) is 4.47. The molecule has 1 atom stereocenters. The molecule has 0 bridgehead atoms. The minimum Gasteiger partial charge on any atom is -0.352 e. The molecule has 2 aromatic rings. The number of amides is 1. The molecule has 0 radical (unpaired) electrons. The first-order valence-electron chi connectivity index (χ1n) is 7.37. The number of aryl methyl sites for hydroxylation is 2. The second-order valence-electron chi connectivity index (χ2n) is 5.61. The van der Waals surface area contributed by atoms with Crippen molar-refractivity contribution in [2.24, 2.45) is 0 Å². The van der Waals surface area contributed by atoms with E-state index in [1.54, 1.807) is 4.68 Å². The Kier molecular flexibility index (Phi) is 4.15. The van der Waals surface area contributed by atoms with Gasteiger partial charge in [-0.2, -0.15) is 5.10 Å². The quantitative estimate of drug-likeness (QED) is 0.854. The minimum absolute atomic E-state index is 0.0666. The normalized spacial score (nSPS) is 15.6. The number of nitrogens with one attached hydrogen (secondary N) is 1. The number of aromatic nitrogens is 4. The van der Waals surface area contributed by atoms with Crippen LogP contribution in [0, 0.1) is 13.8 Å². The molecule has 0 aliphatic heterocycles. The molecule has 1 fully saturated rings. The van der Waals surface area contributed by atoms with Crippen LogP contribution in [-0.2, 0) is 4.79 Å². The molecule has 0 spiro atoms. The van der Waals surface area contributed by atoms with Crippen molar-refractivity contribution in [3.8, 4) is 5.82 Å². The standard InChI is InChI=1S/C15H19N5OS/c1-9-8-10(2)20(19-9)13-6-7-14(18-17-13)22-11(3)15(21)16-12-4-5-12/h6-8,11-12H,4-5H2,1-3H3,(H,16,21). The maximum absolute atomic E-state index is 11.9. The number of hydrogen-bond acceptors (Lipinski definition) is 5. The first-order valence-corrected chi connectivity index (χ1v) is 8.25. The van der Waals surface area contributed by atoms with E-state index in [0.717, 1.165) is 29.3 Å². The summed E-state index contributed by atoms with van der Waals surface area (Å²) in [5.41, 5.74) is 1.97. The second-order valence-corrected chi connectivity index (χ2v) is 6.97. The number of carbonyl (C=O) groups is 1. The van der Waals surface area contributed by atoms with Crippen LogP contribution < -0.4 is 5.32 Å². The molecule has 1 amide bonds. The molecule has 6 nitrogen and oxygen atoms in total. The van der Waals surface area contributed by atoms with Crippen molar-refractivity contribution in [2.75, 3.05) is 0 Å². The van der Waals surface area contributed by atoms with Crippen molar-refractivity contribution in [1.29, 1.82) is 0 Å². The van der Waals surface area contributed by atoms with Crippen LogP contribution >= 0.6 is 11.8 Å². The molecular weight excluding hydrogens is 298 g/mol. The van der Waals surface area contributed by atoms with Gasteiger partial charge in [-0.3, -0.25) is 4.79 Å². The Morgan fingerprint density at radius 3 is 2.68 bits per heavy atom. The van der Waals surface area contributed by atoms with Crippen LogP contribution in [0.15, 0.2) is 23.2 Å². The Balaban J connectivity index is 1.66. The number of rotatable bonds is 5. The Bertz CT molecular complexity index is 678. The molecule has 1 aliphatic rings.